The number of aliphatic hydroxyl groups is 1. The molecule has 8 nitrogen and oxygen atoms in total. The number of carbonyl (C=O) groups excluding carboxylic acids is 1. The Morgan fingerprint density at radius 3 is 1.15 bits per heavy atom. The lowest BCUT2D eigenvalue weighted by atomic mass is 10.0. The molecule has 1 amide bonds. The predicted molar refractivity (Wildman–Crippen MR) is 293 cm³/mol. The minimum atomic E-state index is -4.60. The summed E-state index contributed by atoms with van der Waals surface area (Å²) in [6, 6.07) is -0.886. The zero-order valence-electron chi connectivity index (χ0n) is 46.1. The highest BCUT2D eigenvalue weighted by Crippen LogP contribution is 2.38. The molecule has 0 aliphatic rings. The molecule has 0 saturated heterocycles. The van der Waals surface area contributed by atoms with Crippen molar-refractivity contribution in [1.82, 2.24) is 5.32 Å². The summed E-state index contributed by atoms with van der Waals surface area (Å²) in [5.41, 5.74) is 0. The number of nitrogens with one attached hydrogen (secondary N) is 1. The van der Waals surface area contributed by atoms with E-state index in [1.54, 1.807) is 6.08 Å². The van der Waals surface area contributed by atoms with Gasteiger partial charge in [0, 0.05) is 6.42 Å². The van der Waals surface area contributed by atoms with Crippen LogP contribution in [-0.4, -0.2) is 68.5 Å². The van der Waals surface area contributed by atoms with Gasteiger partial charge >= 0.3 is 0 Å². The minimum Gasteiger partial charge on any atom is -0.756 e. The number of likely N-dealkylation sites (N-methyl/N-ethyl adjacent to an activating group) is 1. The van der Waals surface area contributed by atoms with Gasteiger partial charge in [0.1, 0.15) is 13.2 Å². The van der Waals surface area contributed by atoms with Gasteiger partial charge in [-0.15, -0.1) is 0 Å². The fourth-order valence-electron chi connectivity index (χ4n) is 8.97. The van der Waals surface area contributed by atoms with Gasteiger partial charge in [-0.25, -0.2) is 0 Å². The number of hydrogen-bond donors (Lipinski definition) is 2. The summed E-state index contributed by atoms with van der Waals surface area (Å²) in [4.78, 5) is 25.5. The topological polar surface area (TPSA) is 108 Å². The average molecular weight is 982 g/mol. The molecule has 0 radical (unpaired) electrons. The lowest BCUT2D eigenvalue weighted by Gasteiger charge is -2.29. The molecule has 0 spiro atoms. The van der Waals surface area contributed by atoms with Crippen molar-refractivity contribution in [1.29, 1.82) is 0 Å². The van der Waals surface area contributed by atoms with Crippen molar-refractivity contribution in [3.63, 3.8) is 0 Å². The largest absolute Gasteiger partial charge is 0.756 e. The van der Waals surface area contributed by atoms with Gasteiger partial charge in [-0.1, -0.05) is 269 Å². The van der Waals surface area contributed by atoms with E-state index in [4.69, 9.17) is 9.05 Å². The van der Waals surface area contributed by atoms with E-state index >= 15 is 0 Å². The molecule has 404 valence electrons. The van der Waals surface area contributed by atoms with Gasteiger partial charge in [0.05, 0.1) is 39.9 Å². The van der Waals surface area contributed by atoms with Crippen molar-refractivity contribution in [3.05, 3.63) is 24.3 Å². The smallest absolute Gasteiger partial charge is 0.268 e. The number of phosphoric ester groups is 1. The van der Waals surface area contributed by atoms with E-state index in [2.05, 4.69) is 31.3 Å². The highest BCUT2D eigenvalue weighted by atomic mass is 31.2. The number of rotatable bonds is 55. The van der Waals surface area contributed by atoms with Gasteiger partial charge in [-0.05, 0) is 44.9 Å². The maximum absolute atomic E-state index is 13.0. The van der Waals surface area contributed by atoms with Crippen LogP contribution in [0.5, 0.6) is 0 Å². The monoisotopic (exact) mass is 981 g/mol. The van der Waals surface area contributed by atoms with E-state index in [1.807, 2.05) is 27.2 Å². The molecule has 0 aliphatic heterocycles. The second-order valence-electron chi connectivity index (χ2n) is 21.7. The zero-order valence-corrected chi connectivity index (χ0v) is 47.0. The first-order chi connectivity index (χ1) is 33.0. The summed E-state index contributed by atoms with van der Waals surface area (Å²) in [7, 11) is 1.27. The quantitative estimate of drug-likeness (QED) is 0.0272. The zero-order chi connectivity index (χ0) is 49.9. The molecular weight excluding hydrogens is 864 g/mol. The van der Waals surface area contributed by atoms with E-state index in [1.165, 1.54) is 238 Å². The van der Waals surface area contributed by atoms with Crippen LogP contribution >= 0.6 is 7.82 Å². The fourth-order valence-corrected chi connectivity index (χ4v) is 9.70. The van der Waals surface area contributed by atoms with Gasteiger partial charge in [0.25, 0.3) is 7.82 Å². The molecule has 0 bridgehead atoms. The highest BCUT2D eigenvalue weighted by molar-refractivity contribution is 7.45. The lowest BCUT2D eigenvalue weighted by Crippen LogP contribution is -2.45. The van der Waals surface area contributed by atoms with E-state index in [0.717, 1.165) is 38.5 Å². The number of allylic oxidation sites excluding steroid dienone is 3. The van der Waals surface area contributed by atoms with Gasteiger partial charge in [-0.2, -0.15) is 0 Å². The average Bonchev–Trinajstić information content (AvgIpc) is 3.30. The molecule has 0 aromatic heterocycles. The van der Waals surface area contributed by atoms with Crippen LogP contribution < -0.4 is 10.2 Å². The molecule has 0 rings (SSSR count). The van der Waals surface area contributed by atoms with Crippen LogP contribution in [0, 0.1) is 0 Å². The Morgan fingerprint density at radius 2 is 0.809 bits per heavy atom. The molecule has 0 heterocycles. The number of amides is 1. The summed E-state index contributed by atoms with van der Waals surface area (Å²) in [6.45, 7) is 4.69. The number of hydrogen-bond acceptors (Lipinski definition) is 6. The Balaban J connectivity index is 4.18. The van der Waals surface area contributed by atoms with Crippen molar-refractivity contribution >= 4 is 13.7 Å². The molecule has 3 atom stereocenters. The van der Waals surface area contributed by atoms with Crippen molar-refractivity contribution in [2.24, 2.45) is 0 Å². The molecule has 0 aromatic rings. The second-order valence-corrected chi connectivity index (χ2v) is 23.1. The molecule has 68 heavy (non-hydrogen) atoms. The van der Waals surface area contributed by atoms with Crippen LogP contribution in [-0.2, 0) is 18.4 Å². The molecule has 0 saturated carbocycles. The standard InChI is InChI=1S/C59H117N2O6P/c1-6-8-10-12-14-16-18-20-22-24-26-28-29-30-31-33-34-36-38-40-42-44-46-48-50-52-58(62)57(56-67-68(64,65)66-55-54-61(3,4)5)60-59(63)53-51-49-47-45-43-41-39-37-35-32-27-25-23-21-19-17-15-13-11-9-7-2/h25,27,50,52,57-58,62H,6-24,26,28-49,51,53-56H2,1-5H3,(H-,60,63,64,65)/b27-25-,52-50+. The molecule has 2 N–H and O–H groups in total. The summed E-state index contributed by atoms with van der Waals surface area (Å²) in [5, 5.41) is 13.9. The van der Waals surface area contributed by atoms with Crippen LogP contribution in [0.3, 0.4) is 0 Å². The van der Waals surface area contributed by atoms with Crippen molar-refractivity contribution in [2.45, 2.75) is 309 Å². The van der Waals surface area contributed by atoms with Gasteiger partial charge in [0.2, 0.25) is 5.91 Å². The molecule has 3 unspecified atom stereocenters. The normalized spacial score (nSPS) is 14.0. The first kappa shape index (κ1) is 67.0. The Bertz CT molecular complexity index is 1160. The first-order valence-corrected chi connectivity index (χ1v) is 31.2. The van der Waals surface area contributed by atoms with E-state index in [-0.39, 0.29) is 19.1 Å². The molecule has 0 aliphatic carbocycles. The number of quaternary nitrogens is 1. The van der Waals surface area contributed by atoms with Gasteiger partial charge in [0.15, 0.2) is 0 Å². The van der Waals surface area contributed by atoms with Crippen molar-refractivity contribution < 1.29 is 32.9 Å². The van der Waals surface area contributed by atoms with Crippen LogP contribution in [0.2, 0.25) is 0 Å². The van der Waals surface area contributed by atoms with Gasteiger partial charge < -0.3 is 28.8 Å². The van der Waals surface area contributed by atoms with E-state index in [9.17, 15) is 19.4 Å². The maximum Gasteiger partial charge on any atom is 0.268 e. The number of phosphoric acid groups is 1. The Hall–Kier alpha value is -1.02. The van der Waals surface area contributed by atoms with Gasteiger partial charge in [-0.3, -0.25) is 9.36 Å². The predicted octanol–water partition coefficient (Wildman–Crippen LogP) is 17.4. The summed E-state index contributed by atoms with van der Waals surface area (Å²) < 4.78 is 23.4. The van der Waals surface area contributed by atoms with Crippen LogP contribution in [0.25, 0.3) is 0 Å². The maximum atomic E-state index is 13.0. The summed E-state index contributed by atoms with van der Waals surface area (Å²) in [6.07, 6.45) is 64.0. The van der Waals surface area contributed by atoms with Crippen LogP contribution in [0.4, 0.5) is 0 Å². The second kappa shape index (κ2) is 50.9. The number of unbranched alkanes of at least 4 members (excludes halogenated alkanes) is 40. The molecular formula is C59H117N2O6P. The third-order valence-corrected chi connectivity index (χ3v) is 14.6. The highest BCUT2D eigenvalue weighted by Gasteiger charge is 2.23. The Labute approximate surface area is 424 Å². The third-order valence-electron chi connectivity index (χ3n) is 13.7. The summed E-state index contributed by atoms with van der Waals surface area (Å²) >= 11 is 0. The SMILES string of the molecule is CCCCCCCCCC/C=C\CCCCCCCCCCCC(=O)NC(COP(=O)([O-])OCC[N+](C)(C)C)C(O)/C=C/CCCCCCCCCCCCCCCCCCCCCCCCC. The van der Waals surface area contributed by atoms with Crippen molar-refractivity contribution in [3.8, 4) is 0 Å². The first-order valence-electron chi connectivity index (χ1n) is 29.7. The third kappa shape index (κ3) is 52.8. The molecule has 0 aromatic carbocycles. The van der Waals surface area contributed by atoms with E-state index in [0.29, 0.717) is 17.4 Å². The van der Waals surface area contributed by atoms with Crippen LogP contribution in [0.1, 0.15) is 296 Å². The Kier molecular flexibility index (Phi) is 50.1. The van der Waals surface area contributed by atoms with Crippen molar-refractivity contribution in [2.75, 3.05) is 40.9 Å². The number of aliphatic hydroxyl groups excluding tert-OH is 1. The number of nitrogens with zero attached hydrogens (tertiary/aromatic N) is 1. The Morgan fingerprint density at radius 1 is 0.500 bits per heavy atom. The van der Waals surface area contributed by atoms with E-state index < -0.39 is 20.0 Å². The summed E-state index contributed by atoms with van der Waals surface area (Å²) in [5.74, 6) is -0.195. The number of carbonyl (C=O) groups is 1. The van der Waals surface area contributed by atoms with Crippen LogP contribution in [0.15, 0.2) is 24.3 Å². The molecule has 0 fully saturated rings. The minimum absolute atomic E-state index is 0.000393. The lowest BCUT2D eigenvalue weighted by molar-refractivity contribution is -0.870. The molecule has 9 heteroatoms. The fraction of sp³-hybridized carbons (Fsp3) is 0.915.